The van der Waals surface area contributed by atoms with E-state index in [4.69, 9.17) is 0 Å². The summed E-state index contributed by atoms with van der Waals surface area (Å²) in [4.78, 5) is 38.0. The molecule has 0 atom stereocenters. The Labute approximate surface area is 174 Å². The maximum absolute atomic E-state index is 14.3. The number of halogens is 4. The summed E-state index contributed by atoms with van der Waals surface area (Å²) in [7, 11) is 0. The second-order valence-corrected chi connectivity index (χ2v) is 7.22. The van der Waals surface area contributed by atoms with Gasteiger partial charge in [0.2, 0.25) is 5.91 Å². The first kappa shape index (κ1) is 22.4. The van der Waals surface area contributed by atoms with Crippen molar-refractivity contribution in [2.45, 2.75) is 25.9 Å². The number of piperazine rings is 1. The molecule has 1 aromatic heterocycles. The molecule has 2 heterocycles. The Kier molecular flexibility index (Phi) is 6.42. The van der Waals surface area contributed by atoms with Gasteiger partial charge >= 0.3 is 6.18 Å². The smallest absolute Gasteiger partial charge is 0.330 e. The Balaban J connectivity index is 1.75. The van der Waals surface area contributed by atoms with Crippen LogP contribution in [0.15, 0.2) is 29.1 Å². The molecule has 0 spiro atoms. The fourth-order valence-corrected chi connectivity index (χ4v) is 3.34. The molecule has 166 valence electrons. The number of carbonyl (C=O) groups excluding carboxylic acids is 2. The summed E-state index contributed by atoms with van der Waals surface area (Å²) in [6, 6.07) is 5.53. The number of H-pyrrole nitrogens is 1. The van der Waals surface area contributed by atoms with Gasteiger partial charge in [0.15, 0.2) is 0 Å². The topological polar surface area (TPSA) is 86.4 Å². The Morgan fingerprint density at radius 1 is 1.19 bits per heavy atom. The number of amides is 2. The van der Waals surface area contributed by atoms with E-state index in [1.807, 2.05) is 6.92 Å². The molecule has 0 bridgehead atoms. The minimum Gasteiger partial charge on any atom is -0.330 e. The average Bonchev–Trinajstić information content (AvgIpc) is 2.71. The molecule has 11 heteroatoms. The SMILES string of the molecule is CCc1cc(Cc2ccc(F)c(C(=O)N3CCN(CC(F)(F)F)C(=O)C3)c2)n[nH]c1=O. The van der Waals surface area contributed by atoms with E-state index in [1.165, 1.54) is 12.1 Å². The first-order valence-corrected chi connectivity index (χ1v) is 9.57. The molecule has 0 unspecified atom stereocenters. The highest BCUT2D eigenvalue weighted by Crippen LogP contribution is 2.20. The van der Waals surface area contributed by atoms with Gasteiger partial charge in [-0.05, 0) is 30.2 Å². The summed E-state index contributed by atoms with van der Waals surface area (Å²) in [5, 5.41) is 6.34. The highest BCUT2D eigenvalue weighted by Gasteiger charge is 2.36. The van der Waals surface area contributed by atoms with E-state index in [0.717, 1.165) is 11.0 Å². The molecule has 1 saturated heterocycles. The molecule has 1 N–H and O–H groups in total. The van der Waals surface area contributed by atoms with Crippen molar-refractivity contribution in [2.24, 2.45) is 0 Å². The quantitative estimate of drug-likeness (QED) is 0.720. The maximum atomic E-state index is 14.3. The van der Waals surface area contributed by atoms with E-state index in [9.17, 15) is 31.9 Å². The van der Waals surface area contributed by atoms with Crippen LogP contribution in [0.2, 0.25) is 0 Å². The lowest BCUT2D eigenvalue weighted by Gasteiger charge is -2.34. The molecule has 3 rings (SSSR count). The molecule has 7 nitrogen and oxygen atoms in total. The van der Waals surface area contributed by atoms with Crippen molar-refractivity contribution in [1.82, 2.24) is 20.0 Å². The standard InChI is InChI=1S/C20H20F4N4O3/c1-2-13-9-14(25-26-18(13)30)7-12-3-4-16(21)15(8-12)19(31)27-5-6-28(17(29)10-27)11-20(22,23)24/h3-4,8-9H,2,5-7,10-11H2,1H3,(H,26,30). The lowest BCUT2D eigenvalue weighted by atomic mass is 10.0. The van der Waals surface area contributed by atoms with Gasteiger partial charge < -0.3 is 9.80 Å². The zero-order valence-corrected chi connectivity index (χ0v) is 16.6. The third kappa shape index (κ3) is 5.47. The summed E-state index contributed by atoms with van der Waals surface area (Å²) in [6.45, 7) is -0.541. The molecule has 2 aromatic rings. The van der Waals surface area contributed by atoms with Crippen LogP contribution in [0.3, 0.4) is 0 Å². The van der Waals surface area contributed by atoms with Crippen LogP contribution in [0.1, 0.15) is 34.1 Å². The molecular formula is C20H20F4N4O3. The van der Waals surface area contributed by atoms with E-state index < -0.39 is 36.9 Å². The molecule has 0 aliphatic carbocycles. The molecule has 1 aliphatic rings. The molecule has 0 saturated carbocycles. The number of rotatable bonds is 5. The minimum atomic E-state index is -4.53. The second kappa shape index (κ2) is 8.86. The van der Waals surface area contributed by atoms with Gasteiger partial charge in [-0.1, -0.05) is 13.0 Å². The molecule has 31 heavy (non-hydrogen) atoms. The van der Waals surface area contributed by atoms with Crippen molar-refractivity contribution in [3.05, 3.63) is 62.8 Å². The maximum Gasteiger partial charge on any atom is 0.406 e. The van der Waals surface area contributed by atoms with Crippen LogP contribution in [0.5, 0.6) is 0 Å². The Morgan fingerprint density at radius 3 is 2.58 bits per heavy atom. The van der Waals surface area contributed by atoms with Crippen molar-refractivity contribution in [1.29, 1.82) is 0 Å². The summed E-state index contributed by atoms with van der Waals surface area (Å²) >= 11 is 0. The first-order valence-electron chi connectivity index (χ1n) is 9.57. The van der Waals surface area contributed by atoms with Crippen LogP contribution in [-0.4, -0.2) is 64.2 Å². The third-order valence-electron chi connectivity index (χ3n) is 4.94. The van der Waals surface area contributed by atoms with Gasteiger partial charge in [-0.3, -0.25) is 14.4 Å². The lowest BCUT2D eigenvalue weighted by molar-refractivity contribution is -0.164. The van der Waals surface area contributed by atoms with Crippen LogP contribution in [0.25, 0.3) is 0 Å². The Morgan fingerprint density at radius 2 is 1.94 bits per heavy atom. The predicted molar refractivity (Wildman–Crippen MR) is 102 cm³/mol. The number of carbonyl (C=O) groups is 2. The van der Waals surface area contributed by atoms with Crippen molar-refractivity contribution in [2.75, 3.05) is 26.2 Å². The minimum absolute atomic E-state index is 0.133. The van der Waals surface area contributed by atoms with Crippen LogP contribution < -0.4 is 5.56 Å². The second-order valence-electron chi connectivity index (χ2n) is 7.22. The Bertz CT molecular complexity index is 1050. The van der Waals surface area contributed by atoms with Crippen molar-refractivity contribution < 1.29 is 27.2 Å². The molecular weight excluding hydrogens is 420 g/mol. The fourth-order valence-electron chi connectivity index (χ4n) is 3.34. The van der Waals surface area contributed by atoms with Crippen LogP contribution in [0, 0.1) is 5.82 Å². The molecule has 1 aromatic carbocycles. The summed E-state index contributed by atoms with van der Waals surface area (Å²) in [6.07, 6.45) is -3.80. The van der Waals surface area contributed by atoms with E-state index in [2.05, 4.69) is 10.2 Å². The fraction of sp³-hybridized carbons (Fsp3) is 0.400. The zero-order chi connectivity index (χ0) is 22.8. The largest absolute Gasteiger partial charge is 0.406 e. The van der Waals surface area contributed by atoms with Gasteiger partial charge in [-0.2, -0.15) is 18.3 Å². The number of alkyl halides is 3. The molecule has 1 fully saturated rings. The van der Waals surface area contributed by atoms with E-state index in [1.54, 1.807) is 6.07 Å². The average molecular weight is 440 g/mol. The number of hydrogen-bond donors (Lipinski definition) is 1. The first-order chi connectivity index (χ1) is 14.6. The number of aromatic amines is 1. The molecule has 0 radical (unpaired) electrons. The summed E-state index contributed by atoms with van der Waals surface area (Å²) < 4.78 is 51.9. The van der Waals surface area contributed by atoms with Crippen molar-refractivity contribution in [3.63, 3.8) is 0 Å². The van der Waals surface area contributed by atoms with E-state index in [0.29, 0.717) is 28.1 Å². The Hall–Kier alpha value is -3.24. The predicted octanol–water partition coefficient (Wildman–Crippen LogP) is 1.91. The van der Waals surface area contributed by atoms with Gasteiger partial charge in [0.1, 0.15) is 18.9 Å². The third-order valence-corrected chi connectivity index (χ3v) is 4.94. The summed E-state index contributed by atoms with van der Waals surface area (Å²) in [5.41, 5.74) is 1.04. The van der Waals surface area contributed by atoms with Crippen molar-refractivity contribution in [3.8, 4) is 0 Å². The number of nitrogens with one attached hydrogen (secondary N) is 1. The number of nitrogens with zero attached hydrogens (tertiary/aromatic N) is 3. The van der Waals surface area contributed by atoms with Gasteiger partial charge in [-0.25, -0.2) is 9.49 Å². The van der Waals surface area contributed by atoms with Crippen LogP contribution in [0.4, 0.5) is 17.6 Å². The van der Waals surface area contributed by atoms with Crippen molar-refractivity contribution >= 4 is 11.8 Å². The molecule has 1 aliphatic heterocycles. The highest BCUT2D eigenvalue weighted by molar-refractivity contribution is 5.97. The number of hydrogen-bond acceptors (Lipinski definition) is 4. The van der Waals surface area contributed by atoms with E-state index >= 15 is 0 Å². The number of aryl methyl sites for hydroxylation is 1. The van der Waals surface area contributed by atoms with Crippen LogP contribution in [-0.2, 0) is 17.6 Å². The van der Waals surface area contributed by atoms with E-state index in [-0.39, 0.29) is 30.6 Å². The van der Waals surface area contributed by atoms with Gasteiger partial charge in [-0.15, -0.1) is 0 Å². The zero-order valence-electron chi connectivity index (χ0n) is 16.6. The monoisotopic (exact) mass is 440 g/mol. The normalized spacial score (nSPS) is 14.8. The molecule has 2 amide bonds. The van der Waals surface area contributed by atoms with Gasteiger partial charge in [0.25, 0.3) is 11.5 Å². The van der Waals surface area contributed by atoms with Crippen LogP contribution >= 0.6 is 0 Å². The van der Waals surface area contributed by atoms with Gasteiger partial charge in [0, 0.05) is 25.1 Å². The number of benzene rings is 1. The van der Waals surface area contributed by atoms with Gasteiger partial charge in [0.05, 0.1) is 11.3 Å². The lowest BCUT2D eigenvalue weighted by Crippen LogP contribution is -2.54. The summed E-state index contributed by atoms with van der Waals surface area (Å²) in [5.74, 6) is -2.43. The number of aromatic nitrogens is 2. The highest BCUT2D eigenvalue weighted by atomic mass is 19.4.